The lowest BCUT2D eigenvalue weighted by molar-refractivity contribution is -0.174. The van der Waals surface area contributed by atoms with Crippen LogP contribution >= 0.6 is 0 Å². The van der Waals surface area contributed by atoms with E-state index in [9.17, 15) is 29.4 Å². The number of ether oxygens (including phenoxy) is 4. The third-order valence-corrected chi connectivity index (χ3v) is 6.42. The summed E-state index contributed by atoms with van der Waals surface area (Å²) in [6.45, 7) is 9.06. The first-order valence-corrected chi connectivity index (χ1v) is 12.3. The van der Waals surface area contributed by atoms with Gasteiger partial charge >= 0.3 is 23.9 Å². The molecule has 10 nitrogen and oxygen atoms in total. The van der Waals surface area contributed by atoms with Gasteiger partial charge in [0.2, 0.25) is 0 Å². The Hall–Kier alpha value is -4.34. The number of benzene rings is 2. The highest BCUT2D eigenvalue weighted by Gasteiger charge is 2.58. The van der Waals surface area contributed by atoms with Gasteiger partial charge in [0, 0.05) is 5.57 Å². The third-order valence-electron chi connectivity index (χ3n) is 6.42. The summed E-state index contributed by atoms with van der Waals surface area (Å²) in [5.41, 5.74) is -1.32. The van der Waals surface area contributed by atoms with Crippen LogP contribution < -0.4 is 9.47 Å². The second kappa shape index (κ2) is 14.0. The zero-order valence-electron chi connectivity index (χ0n) is 22.5. The van der Waals surface area contributed by atoms with Crippen molar-refractivity contribution < 1.29 is 48.3 Å². The van der Waals surface area contributed by atoms with Gasteiger partial charge in [-0.1, -0.05) is 55.8 Å². The van der Waals surface area contributed by atoms with E-state index in [4.69, 9.17) is 18.9 Å². The van der Waals surface area contributed by atoms with Gasteiger partial charge in [-0.05, 0) is 38.1 Å². The minimum atomic E-state index is -2.55. The number of rotatable bonds is 15. The van der Waals surface area contributed by atoms with E-state index in [-0.39, 0.29) is 26.4 Å². The van der Waals surface area contributed by atoms with Gasteiger partial charge in [-0.15, -0.1) is 0 Å². The second-order valence-corrected chi connectivity index (χ2v) is 9.06. The highest BCUT2D eigenvalue weighted by molar-refractivity contribution is 6.01. The average molecular weight is 543 g/mol. The molecule has 0 aliphatic heterocycles. The van der Waals surface area contributed by atoms with E-state index in [0.717, 1.165) is 11.1 Å². The van der Waals surface area contributed by atoms with Crippen molar-refractivity contribution in [1.29, 1.82) is 0 Å². The maximum absolute atomic E-state index is 12.9. The Bertz CT molecular complexity index is 1100. The van der Waals surface area contributed by atoms with Crippen LogP contribution in [-0.2, 0) is 28.7 Å². The maximum Gasteiger partial charge on any atom is 0.332 e. The van der Waals surface area contributed by atoms with Crippen LogP contribution in [0.1, 0.15) is 25.0 Å². The summed E-state index contributed by atoms with van der Waals surface area (Å²) >= 11 is 0. The minimum Gasteiger partial charge on any atom is -0.490 e. The Labute approximate surface area is 227 Å². The number of carboxylic acid groups (broad SMARTS) is 2. The molecule has 0 aliphatic carbocycles. The maximum atomic E-state index is 12.9. The molecule has 2 rings (SSSR count). The van der Waals surface area contributed by atoms with Crippen LogP contribution in [0.25, 0.3) is 0 Å². The fraction of sp³-hybridized carbons (Fsp3) is 0.379. The number of hydrogen-bond donors (Lipinski definition) is 2. The molecule has 0 fully saturated rings. The molecular formula is C29H34O10. The summed E-state index contributed by atoms with van der Waals surface area (Å²) in [6, 6.07) is 14.3. The van der Waals surface area contributed by atoms with Crippen molar-refractivity contribution in [2.75, 3.05) is 26.4 Å². The van der Waals surface area contributed by atoms with Gasteiger partial charge in [-0.3, -0.25) is 14.4 Å². The van der Waals surface area contributed by atoms with Crippen molar-refractivity contribution in [2.24, 2.45) is 17.3 Å². The number of aryl methyl sites for hydroxylation is 2. The van der Waals surface area contributed by atoms with Crippen LogP contribution in [0.4, 0.5) is 0 Å². The quantitative estimate of drug-likeness (QED) is 0.193. The molecule has 0 heterocycles. The van der Waals surface area contributed by atoms with Gasteiger partial charge in [0.1, 0.15) is 43.3 Å². The smallest absolute Gasteiger partial charge is 0.332 e. The molecule has 0 aliphatic rings. The second-order valence-electron chi connectivity index (χ2n) is 9.06. The molecule has 0 amide bonds. The van der Waals surface area contributed by atoms with E-state index >= 15 is 0 Å². The Morgan fingerprint density at radius 2 is 1.08 bits per heavy atom. The SMILES string of the molecule is C=C(C(=O)O)C(C(=O)O)(C(C)C(=O)OCCOc1ccc(C)cc1)C(C)C(=O)OCCOc1ccc(C)cc1. The first-order valence-electron chi connectivity index (χ1n) is 12.3. The van der Waals surface area contributed by atoms with Gasteiger partial charge in [0.15, 0.2) is 0 Å². The lowest BCUT2D eigenvalue weighted by Gasteiger charge is -2.37. The third kappa shape index (κ3) is 7.83. The van der Waals surface area contributed by atoms with Crippen molar-refractivity contribution in [2.45, 2.75) is 27.7 Å². The van der Waals surface area contributed by atoms with Crippen molar-refractivity contribution in [3.05, 3.63) is 71.8 Å². The predicted molar refractivity (Wildman–Crippen MR) is 140 cm³/mol. The number of carbonyl (C=O) groups is 4. The molecule has 0 saturated heterocycles. The van der Waals surface area contributed by atoms with Gasteiger partial charge in [-0.25, -0.2) is 4.79 Å². The molecule has 2 unspecified atom stereocenters. The van der Waals surface area contributed by atoms with Crippen LogP contribution in [0.15, 0.2) is 60.7 Å². The highest BCUT2D eigenvalue weighted by atomic mass is 16.6. The van der Waals surface area contributed by atoms with Crippen molar-refractivity contribution in [3.63, 3.8) is 0 Å². The summed E-state index contributed by atoms with van der Waals surface area (Å²) in [7, 11) is 0. The molecule has 0 saturated carbocycles. The van der Waals surface area contributed by atoms with Crippen LogP contribution in [0.2, 0.25) is 0 Å². The lowest BCUT2D eigenvalue weighted by atomic mass is 9.63. The van der Waals surface area contributed by atoms with E-state index < -0.39 is 46.7 Å². The Kier molecular flexibility index (Phi) is 11.1. The van der Waals surface area contributed by atoms with E-state index in [1.54, 1.807) is 24.3 Å². The molecular weight excluding hydrogens is 508 g/mol. The van der Waals surface area contributed by atoms with Gasteiger partial charge in [0.25, 0.3) is 0 Å². The summed E-state index contributed by atoms with van der Waals surface area (Å²) in [5.74, 6) is -7.59. The zero-order valence-corrected chi connectivity index (χ0v) is 22.5. The Morgan fingerprint density at radius 1 is 0.718 bits per heavy atom. The molecule has 2 aromatic rings. The van der Waals surface area contributed by atoms with E-state index in [2.05, 4.69) is 6.58 Å². The van der Waals surface area contributed by atoms with E-state index in [0.29, 0.717) is 11.5 Å². The number of carbonyl (C=O) groups excluding carboxylic acids is 2. The number of aliphatic carboxylic acids is 2. The van der Waals surface area contributed by atoms with Crippen molar-refractivity contribution >= 4 is 23.9 Å². The number of esters is 2. The summed E-state index contributed by atoms with van der Waals surface area (Å²) < 4.78 is 21.4. The topological polar surface area (TPSA) is 146 Å². The first kappa shape index (κ1) is 30.9. The van der Waals surface area contributed by atoms with Gasteiger partial charge < -0.3 is 29.2 Å². The van der Waals surface area contributed by atoms with Crippen LogP contribution in [-0.4, -0.2) is 60.5 Å². The molecule has 2 aromatic carbocycles. The van der Waals surface area contributed by atoms with Gasteiger partial charge in [-0.2, -0.15) is 0 Å². The number of carboxylic acids is 2. The van der Waals surface area contributed by atoms with Crippen LogP contribution in [0.5, 0.6) is 11.5 Å². The molecule has 210 valence electrons. The molecule has 0 aromatic heterocycles. The molecule has 10 heteroatoms. The number of hydrogen-bond acceptors (Lipinski definition) is 8. The lowest BCUT2D eigenvalue weighted by Crippen LogP contribution is -2.52. The summed E-state index contributed by atoms with van der Waals surface area (Å²) in [5, 5.41) is 19.8. The molecule has 2 atom stereocenters. The Morgan fingerprint density at radius 3 is 1.38 bits per heavy atom. The molecule has 0 bridgehead atoms. The van der Waals surface area contributed by atoms with Gasteiger partial charge in [0.05, 0.1) is 11.8 Å². The largest absolute Gasteiger partial charge is 0.490 e. The average Bonchev–Trinajstić information content (AvgIpc) is 2.90. The molecule has 2 N–H and O–H groups in total. The first-order chi connectivity index (χ1) is 18.4. The summed E-state index contributed by atoms with van der Waals surface area (Å²) in [6.07, 6.45) is 0. The van der Waals surface area contributed by atoms with Crippen molar-refractivity contribution in [3.8, 4) is 11.5 Å². The summed E-state index contributed by atoms with van der Waals surface area (Å²) in [4.78, 5) is 50.2. The predicted octanol–water partition coefficient (Wildman–Crippen LogP) is 3.83. The zero-order chi connectivity index (χ0) is 29.2. The minimum absolute atomic E-state index is 0.0277. The molecule has 0 spiro atoms. The van der Waals surface area contributed by atoms with E-state index in [1.165, 1.54) is 13.8 Å². The normalized spacial score (nSPS) is 13.7. The molecule has 39 heavy (non-hydrogen) atoms. The Balaban J connectivity index is 2.09. The van der Waals surface area contributed by atoms with Crippen LogP contribution in [0.3, 0.4) is 0 Å². The van der Waals surface area contributed by atoms with E-state index in [1.807, 2.05) is 38.1 Å². The highest BCUT2D eigenvalue weighted by Crippen LogP contribution is 2.44. The van der Waals surface area contributed by atoms with Crippen molar-refractivity contribution in [1.82, 2.24) is 0 Å². The standard InChI is InChI=1S/C29H34O10/c1-18-6-10-23(11-7-18)36-14-16-38-26(32)21(4)29(28(34)35,20(3)25(30)31)22(5)27(33)39-17-15-37-24-12-8-19(2)9-13-24/h6-13,21-22H,3,14-17H2,1-2,4-5H3,(H,30,31)(H,34,35). The fourth-order valence-corrected chi connectivity index (χ4v) is 4.07. The fourth-order valence-electron chi connectivity index (χ4n) is 4.07. The van der Waals surface area contributed by atoms with Crippen LogP contribution in [0, 0.1) is 31.1 Å². The molecule has 0 radical (unpaired) electrons. The monoisotopic (exact) mass is 542 g/mol.